The number of fused-ring (bicyclic) bond motifs is 5. The molecule has 0 aliphatic rings. The van der Waals surface area contributed by atoms with E-state index in [1.807, 2.05) is 13.8 Å². The van der Waals surface area contributed by atoms with E-state index in [0.29, 0.717) is 22.1 Å². The molecule has 0 N–H and O–H groups in total. The number of thiophene rings is 2. The van der Waals surface area contributed by atoms with Gasteiger partial charge in [-0.2, -0.15) is 17.5 Å². The van der Waals surface area contributed by atoms with E-state index in [-0.39, 0.29) is 11.4 Å². The summed E-state index contributed by atoms with van der Waals surface area (Å²) in [5, 5.41) is 24.6. The van der Waals surface area contributed by atoms with Gasteiger partial charge in [-0.25, -0.2) is 0 Å². The van der Waals surface area contributed by atoms with Crippen molar-refractivity contribution in [2.45, 2.75) is 13.8 Å². The first-order valence-corrected chi connectivity index (χ1v) is 14.2. The number of nitrogens with zero attached hydrogens (tertiary/aromatic N) is 6. The van der Waals surface area contributed by atoms with Gasteiger partial charge >= 0.3 is 0 Å². The van der Waals surface area contributed by atoms with Gasteiger partial charge in [-0.15, -0.1) is 22.7 Å². The van der Waals surface area contributed by atoms with Crippen molar-refractivity contribution in [3.8, 4) is 22.3 Å². The zero-order valence-electron chi connectivity index (χ0n) is 19.4. The molecule has 7 rings (SSSR count). The fourth-order valence-electron chi connectivity index (χ4n) is 5.00. The Labute approximate surface area is 228 Å². The quantitative estimate of drug-likeness (QED) is 0.152. The van der Waals surface area contributed by atoms with Gasteiger partial charge in [-0.1, -0.05) is 0 Å². The van der Waals surface area contributed by atoms with Gasteiger partial charge < -0.3 is 0 Å². The van der Waals surface area contributed by atoms with Crippen LogP contribution in [0.25, 0.3) is 64.5 Å². The number of hydrogen-bond donors (Lipinski definition) is 0. The molecule has 0 aliphatic heterocycles. The van der Waals surface area contributed by atoms with Crippen LogP contribution in [0.2, 0.25) is 0 Å². The van der Waals surface area contributed by atoms with Crippen molar-refractivity contribution in [3.63, 3.8) is 0 Å². The third kappa shape index (κ3) is 3.21. The second kappa shape index (κ2) is 8.26. The molecule has 10 nitrogen and oxygen atoms in total. The maximum Gasteiger partial charge on any atom is 0.270 e. The summed E-state index contributed by atoms with van der Waals surface area (Å²) in [6, 6.07) is 9.79. The lowest BCUT2D eigenvalue weighted by molar-refractivity contribution is -0.384. The Morgan fingerprint density at radius 1 is 0.605 bits per heavy atom. The first kappa shape index (κ1) is 23.2. The summed E-state index contributed by atoms with van der Waals surface area (Å²) in [6.45, 7) is 3.99. The van der Waals surface area contributed by atoms with Crippen molar-refractivity contribution < 1.29 is 9.85 Å². The molecule has 0 saturated heterocycles. The van der Waals surface area contributed by atoms with Crippen molar-refractivity contribution in [1.82, 2.24) is 17.5 Å². The van der Waals surface area contributed by atoms with Crippen molar-refractivity contribution in [2.24, 2.45) is 0 Å². The fourth-order valence-corrected chi connectivity index (χ4v) is 8.32. The molecule has 0 amide bonds. The minimum Gasteiger partial charge on any atom is -0.258 e. The predicted octanol–water partition coefficient (Wildman–Crippen LogP) is 7.89. The lowest BCUT2D eigenvalue weighted by Crippen LogP contribution is -1.93. The van der Waals surface area contributed by atoms with Crippen LogP contribution >= 0.6 is 46.1 Å². The molecule has 38 heavy (non-hydrogen) atoms. The second-order valence-electron chi connectivity index (χ2n) is 8.61. The summed E-state index contributed by atoms with van der Waals surface area (Å²) in [6.07, 6.45) is 0. The molecule has 3 aromatic carbocycles. The van der Waals surface area contributed by atoms with Crippen LogP contribution in [0, 0.1) is 34.1 Å². The first-order valence-electron chi connectivity index (χ1n) is 11.1. The van der Waals surface area contributed by atoms with Crippen LogP contribution in [0.3, 0.4) is 0 Å². The maximum atomic E-state index is 11.4. The Bertz CT molecular complexity index is 1990. The van der Waals surface area contributed by atoms with Crippen molar-refractivity contribution in [2.75, 3.05) is 0 Å². The first-order chi connectivity index (χ1) is 18.3. The number of hydrogen-bond acceptors (Lipinski definition) is 12. The SMILES string of the molecule is Cc1sc2cc([N+](=O)[O-])ccc2c1-c1c(-c2c(C)sc3cc([N+](=O)[O-])ccc23)c2nsnc2c2nsnc12. The normalized spacial score (nSPS) is 11.8. The topological polar surface area (TPSA) is 138 Å². The van der Waals surface area contributed by atoms with Crippen molar-refractivity contribution in [3.05, 3.63) is 66.4 Å². The molecule has 0 aliphatic carbocycles. The van der Waals surface area contributed by atoms with Gasteiger partial charge in [0.15, 0.2) is 0 Å². The number of benzene rings is 3. The number of nitro groups is 2. The van der Waals surface area contributed by atoms with Crippen LogP contribution in [-0.4, -0.2) is 27.3 Å². The van der Waals surface area contributed by atoms with Crippen LogP contribution in [0.4, 0.5) is 11.4 Å². The summed E-state index contributed by atoms with van der Waals surface area (Å²) in [5.74, 6) is 0. The Balaban J connectivity index is 1.66. The van der Waals surface area contributed by atoms with E-state index in [1.165, 1.54) is 34.8 Å². The minimum atomic E-state index is -0.394. The highest BCUT2D eigenvalue weighted by atomic mass is 32.1. The summed E-state index contributed by atoms with van der Waals surface area (Å²) < 4.78 is 20.1. The van der Waals surface area contributed by atoms with E-state index < -0.39 is 9.85 Å². The number of non-ortho nitro benzene ring substituents is 2. The van der Waals surface area contributed by atoms with E-state index >= 15 is 0 Å². The lowest BCUT2D eigenvalue weighted by Gasteiger charge is -2.13. The van der Waals surface area contributed by atoms with Gasteiger partial charge in [0.2, 0.25) is 0 Å². The van der Waals surface area contributed by atoms with Crippen LogP contribution in [0.5, 0.6) is 0 Å². The molecule has 0 spiro atoms. The molecule has 4 heterocycles. The Morgan fingerprint density at radius 3 is 1.39 bits per heavy atom. The Morgan fingerprint density at radius 2 is 1.00 bits per heavy atom. The predicted molar refractivity (Wildman–Crippen MR) is 153 cm³/mol. The third-order valence-corrected chi connectivity index (χ3v) is 9.74. The zero-order valence-corrected chi connectivity index (χ0v) is 22.7. The molecule has 0 unspecified atom stereocenters. The average Bonchev–Trinajstić information content (AvgIpc) is 3.66. The number of aromatic nitrogens is 4. The number of nitro benzene ring substituents is 2. The molecule has 0 saturated carbocycles. The minimum absolute atomic E-state index is 0.0337. The van der Waals surface area contributed by atoms with Crippen LogP contribution in [0.1, 0.15) is 9.75 Å². The number of aryl methyl sites for hydroxylation is 2. The van der Waals surface area contributed by atoms with E-state index in [2.05, 4.69) is 8.75 Å². The molecule has 7 aromatic rings. The lowest BCUT2D eigenvalue weighted by atomic mass is 9.89. The van der Waals surface area contributed by atoms with Gasteiger partial charge in [-0.3, -0.25) is 20.2 Å². The molecule has 14 heteroatoms. The average molecular weight is 577 g/mol. The second-order valence-corrected chi connectivity index (χ2v) is 12.2. The van der Waals surface area contributed by atoms with Gasteiger partial charge in [0, 0.05) is 76.4 Å². The summed E-state index contributed by atoms with van der Waals surface area (Å²) in [7, 11) is 0. The van der Waals surface area contributed by atoms with Crippen LogP contribution < -0.4 is 0 Å². The molecular formula is C24H12N6O4S4. The standard InChI is InChI=1S/C24H12N6O4S4/c1-9-17(13-5-3-11(29(31)32)7-15(13)35-9)19-20(22-24(28-38-26-22)23-21(19)25-37-27-23)18-10(2)36-16-8-12(30(33)34)4-6-14(16)18/h3-8H,1-2H3. The third-order valence-electron chi connectivity index (χ3n) is 6.55. The smallest absolute Gasteiger partial charge is 0.258 e. The summed E-state index contributed by atoms with van der Waals surface area (Å²) >= 11 is 5.17. The van der Waals surface area contributed by atoms with Gasteiger partial charge in [0.05, 0.1) is 33.3 Å². The molecule has 0 radical (unpaired) electrons. The van der Waals surface area contributed by atoms with E-state index in [1.54, 1.807) is 24.3 Å². The Kier molecular flexibility index (Phi) is 5.03. The van der Waals surface area contributed by atoms with E-state index in [4.69, 9.17) is 8.75 Å². The van der Waals surface area contributed by atoms with E-state index in [9.17, 15) is 20.2 Å². The maximum absolute atomic E-state index is 11.4. The summed E-state index contributed by atoms with van der Waals surface area (Å²) in [5.41, 5.74) is 6.28. The molecule has 186 valence electrons. The zero-order chi connectivity index (χ0) is 26.3. The van der Waals surface area contributed by atoms with Gasteiger partial charge in [-0.05, 0) is 26.0 Å². The number of rotatable bonds is 4. The molecule has 0 bridgehead atoms. The van der Waals surface area contributed by atoms with Crippen molar-refractivity contribution in [1.29, 1.82) is 0 Å². The fraction of sp³-hybridized carbons (Fsp3) is 0.0833. The summed E-state index contributed by atoms with van der Waals surface area (Å²) in [4.78, 5) is 24.0. The largest absolute Gasteiger partial charge is 0.270 e. The highest BCUT2D eigenvalue weighted by molar-refractivity contribution is 7.20. The highest BCUT2D eigenvalue weighted by Crippen LogP contribution is 2.52. The molecule has 0 fully saturated rings. The molecule has 0 atom stereocenters. The van der Waals surface area contributed by atoms with Crippen molar-refractivity contribution >= 4 is 99.7 Å². The Hall–Kier alpha value is -3.98. The van der Waals surface area contributed by atoms with Crippen LogP contribution in [0.15, 0.2) is 36.4 Å². The molecular weight excluding hydrogens is 565 g/mol. The van der Waals surface area contributed by atoms with Gasteiger partial charge in [0.1, 0.15) is 22.1 Å². The van der Waals surface area contributed by atoms with Crippen LogP contribution in [-0.2, 0) is 0 Å². The van der Waals surface area contributed by atoms with E-state index in [0.717, 1.165) is 75.6 Å². The highest BCUT2D eigenvalue weighted by Gasteiger charge is 2.29. The monoisotopic (exact) mass is 576 g/mol. The van der Waals surface area contributed by atoms with Gasteiger partial charge in [0.25, 0.3) is 11.4 Å². The molecule has 4 aromatic heterocycles.